The number of fused-ring (bicyclic) bond motifs is 2. The number of amides is 1. The Morgan fingerprint density at radius 1 is 0.697 bits per heavy atom. The minimum atomic E-state index is -0.0732. The topological polar surface area (TPSA) is 49.3 Å². The smallest absolute Gasteiger partial charge is 0.268 e. The average Bonchev–Trinajstić information content (AvgIpc) is 3.15. The van der Waals surface area contributed by atoms with Gasteiger partial charge in [-0.3, -0.25) is 9.69 Å². The molecule has 3 aromatic carbocycles. The first kappa shape index (κ1) is 19.7. The van der Waals surface area contributed by atoms with Crippen molar-refractivity contribution in [1.82, 2.24) is 14.9 Å². The van der Waals surface area contributed by atoms with Crippen LogP contribution in [0.1, 0.15) is 30.5 Å². The van der Waals surface area contributed by atoms with E-state index in [1.807, 2.05) is 72.8 Å². The molecule has 5 heteroatoms. The van der Waals surface area contributed by atoms with Crippen molar-refractivity contribution in [2.45, 2.75) is 19.3 Å². The van der Waals surface area contributed by atoms with E-state index in [1.54, 1.807) is 4.90 Å². The standard InChI is InChI=1S/C28H24N4O/c33-28-24(26(20-12-4-1-5-13-20)31-18-10-3-11-19-31)25-27(32(28)21-14-6-2-7-15-21)30-23-17-9-8-16-22(23)29-25/h1-2,4-9,12-17H,3,10-11,18-19H2/b26-24+. The molecular formula is C28H24N4O. The van der Waals surface area contributed by atoms with Crippen LogP contribution in [-0.2, 0) is 4.79 Å². The SMILES string of the molecule is O=C1/C(=C(\c2ccccc2)N2CCCCC2)c2nc3ccccc3nc2N1c1ccccc1. The summed E-state index contributed by atoms with van der Waals surface area (Å²) in [7, 11) is 0. The van der Waals surface area contributed by atoms with Crippen LogP contribution in [0.5, 0.6) is 0 Å². The van der Waals surface area contributed by atoms with E-state index in [9.17, 15) is 4.79 Å². The third kappa shape index (κ3) is 3.37. The number of carbonyl (C=O) groups excluding carboxylic acids is 1. The average molecular weight is 433 g/mol. The Labute approximate surface area is 193 Å². The van der Waals surface area contributed by atoms with Crippen molar-refractivity contribution in [3.05, 3.63) is 96.2 Å². The fourth-order valence-electron chi connectivity index (χ4n) is 4.85. The van der Waals surface area contributed by atoms with Crippen LogP contribution < -0.4 is 4.90 Å². The molecule has 3 heterocycles. The van der Waals surface area contributed by atoms with E-state index in [4.69, 9.17) is 9.97 Å². The second kappa shape index (κ2) is 8.17. The van der Waals surface area contributed by atoms with E-state index in [0.29, 0.717) is 17.1 Å². The number of likely N-dealkylation sites (tertiary alicyclic amines) is 1. The molecule has 0 N–H and O–H groups in total. The zero-order chi connectivity index (χ0) is 22.2. The highest BCUT2D eigenvalue weighted by atomic mass is 16.2. The molecule has 1 fully saturated rings. The molecule has 6 rings (SSSR count). The van der Waals surface area contributed by atoms with E-state index >= 15 is 0 Å². The van der Waals surface area contributed by atoms with E-state index in [1.165, 1.54) is 6.42 Å². The number of carbonyl (C=O) groups is 1. The summed E-state index contributed by atoms with van der Waals surface area (Å²) in [6, 6.07) is 27.8. The molecule has 0 unspecified atom stereocenters. The van der Waals surface area contributed by atoms with Crippen LogP contribution in [-0.4, -0.2) is 33.9 Å². The molecule has 0 spiro atoms. The van der Waals surface area contributed by atoms with Crippen molar-refractivity contribution in [3.8, 4) is 0 Å². The summed E-state index contributed by atoms with van der Waals surface area (Å²) in [4.78, 5) is 28.2. The summed E-state index contributed by atoms with van der Waals surface area (Å²) in [6.45, 7) is 1.87. The predicted molar refractivity (Wildman–Crippen MR) is 132 cm³/mol. The number of benzene rings is 3. The predicted octanol–water partition coefficient (Wildman–Crippen LogP) is 5.66. The fraction of sp³-hybridized carbons (Fsp3) is 0.179. The van der Waals surface area contributed by atoms with Crippen molar-refractivity contribution in [3.63, 3.8) is 0 Å². The maximum Gasteiger partial charge on any atom is 0.268 e. The van der Waals surface area contributed by atoms with Gasteiger partial charge in [-0.05, 0) is 49.1 Å². The number of piperidine rings is 1. The van der Waals surface area contributed by atoms with Crippen LogP contribution in [0.3, 0.4) is 0 Å². The van der Waals surface area contributed by atoms with Crippen molar-refractivity contribution in [2.24, 2.45) is 0 Å². The van der Waals surface area contributed by atoms with Gasteiger partial charge in [0.2, 0.25) is 0 Å². The number of aromatic nitrogens is 2. The molecule has 1 aromatic heterocycles. The van der Waals surface area contributed by atoms with Gasteiger partial charge in [-0.15, -0.1) is 0 Å². The van der Waals surface area contributed by atoms with Gasteiger partial charge in [0.1, 0.15) is 5.69 Å². The first-order valence-electron chi connectivity index (χ1n) is 11.5. The minimum absolute atomic E-state index is 0.0732. The molecule has 4 aromatic rings. The van der Waals surface area contributed by atoms with Gasteiger partial charge in [0, 0.05) is 13.1 Å². The third-order valence-corrected chi connectivity index (χ3v) is 6.39. The summed E-state index contributed by atoms with van der Waals surface area (Å²) >= 11 is 0. The van der Waals surface area contributed by atoms with Crippen LogP contribution >= 0.6 is 0 Å². The summed E-state index contributed by atoms with van der Waals surface area (Å²) in [5.41, 5.74) is 5.68. The molecule has 5 nitrogen and oxygen atoms in total. The lowest BCUT2D eigenvalue weighted by Gasteiger charge is -2.32. The Balaban J connectivity index is 1.66. The second-order valence-electron chi connectivity index (χ2n) is 8.50. The molecule has 0 aliphatic carbocycles. The highest BCUT2D eigenvalue weighted by Crippen LogP contribution is 2.44. The van der Waals surface area contributed by atoms with Gasteiger partial charge in [-0.2, -0.15) is 0 Å². The summed E-state index contributed by atoms with van der Waals surface area (Å²) < 4.78 is 0. The minimum Gasteiger partial charge on any atom is -0.370 e. The Bertz CT molecular complexity index is 1360. The van der Waals surface area contributed by atoms with Crippen LogP contribution in [0.25, 0.3) is 22.3 Å². The van der Waals surface area contributed by atoms with Crippen molar-refractivity contribution < 1.29 is 4.79 Å². The first-order valence-corrected chi connectivity index (χ1v) is 11.5. The van der Waals surface area contributed by atoms with E-state index in [-0.39, 0.29) is 5.91 Å². The Kier molecular flexibility index (Phi) is 4.87. The maximum atomic E-state index is 14.2. The monoisotopic (exact) mass is 432 g/mol. The van der Waals surface area contributed by atoms with Crippen molar-refractivity contribution >= 4 is 39.7 Å². The number of rotatable bonds is 3. The third-order valence-electron chi connectivity index (χ3n) is 6.39. The highest BCUT2D eigenvalue weighted by Gasteiger charge is 2.40. The second-order valence-corrected chi connectivity index (χ2v) is 8.50. The van der Waals surface area contributed by atoms with Crippen LogP contribution in [0, 0.1) is 0 Å². The van der Waals surface area contributed by atoms with Crippen molar-refractivity contribution in [1.29, 1.82) is 0 Å². The maximum absolute atomic E-state index is 14.2. The summed E-state index contributed by atoms with van der Waals surface area (Å²) in [5, 5.41) is 0. The molecule has 1 saturated heterocycles. The highest BCUT2D eigenvalue weighted by molar-refractivity contribution is 6.38. The van der Waals surface area contributed by atoms with Crippen molar-refractivity contribution in [2.75, 3.05) is 18.0 Å². The number of hydrogen-bond donors (Lipinski definition) is 0. The molecule has 33 heavy (non-hydrogen) atoms. The van der Waals surface area contributed by atoms with Gasteiger partial charge in [0.05, 0.1) is 28.0 Å². The molecule has 0 bridgehead atoms. The zero-order valence-corrected chi connectivity index (χ0v) is 18.3. The van der Waals surface area contributed by atoms with Gasteiger partial charge in [-0.25, -0.2) is 9.97 Å². The number of para-hydroxylation sites is 3. The molecular weight excluding hydrogens is 408 g/mol. The molecule has 0 saturated carbocycles. The number of nitrogens with zero attached hydrogens (tertiary/aromatic N) is 4. The Morgan fingerprint density at radius 2 is 1.30 bits per heavy atom. The molecule has 2 aliphatic rings. The van der Waals surface area contributed by atoms with E-state index < -0.39 is 0 Å². The van der Waals surface area contributed by atoms with Crippen LogP contribution in [0.4, 0.5) is 11.5 Å². The molecule has 1 amide bonds. The molecule has 2 aliphatic heterocycles. The molecule has 0 radical (unpaired) electrons. The Morgan fingerprint density at radius 3 is 2.00 bits per heavy atom. The largest absolute Gasteiger partial charge is 0.370 e. The van der Waals surface area contributed by atoms with Gasteiger partial charge < -0.3 is 4.90 Å². The fourth-order valence-corrected chi connectivity index (χ4v) is 4.85. The van der Waals surface area contributed by atoms with Gasteiger partial charge in [0.15, 0.2) is 5.82 Å². The Hall–Kier alpha value is -3.99. The van der Waals surface area contributed by atoms with Crippen LogP contribution in [0.2, 0.25) is 0 Å². The lowest BCUT2D eigenvalue weighted by Crippen LogP contribution is -2.30. The number of hydrogen-bond acceptors (Lipinski definition) is 4. The van der Waals surface area contributed by atoms with Gasteiger partial charge >= 0.3 is 0 Å². The summed E-state index contributed by atoms with van der Waals surface area (Å²) in [6.07, 6.45) is 3.46. The molecule has 162 valence electrons. The quantitative estimate of drug-likeness (QED) is 0.392. The van der Waals surface area contributed by atoms with E-state index in [0.717, 1.165) is 53.9 Å². The van der Waals surface area contributed by atoms with Gasteiger partial charge in [0.25, 0.3) is 5.91 Å². The zero-order valence-electron chi connectivity index (χ0n) is 18.3. The van der Waals surface area contributed by atoms with Gasteiger partial charge in [-0.1, -0.05) is 60.7 Å². The lowest BCUT2D eigenvalue weighted by molar-refractivity contribution is -0.112. The van der Waals surface area contributed by atoms with Crippen LogP contribution in [0.15, 0.2) is 84.9 Å². The summed E-state index contributed by atoms with van der Waals surface area (Å²) in [5.74, 6) is 0.529. The normalized spacial score (nSPS) is 17.4. The first-order chi connectivity index (χ1) is 16.3. The lowest BCUT2D eigenvalue weighted by atomic mass is 10.0. The molecule has 0 atom stereocenters. The van der Waals surface area contributed by atoms with E-state index in [2.05, 4.69) is 17.0 Å². The number of anilines is 2.